The lowest BCUT2D eigenvalue weighted by molar-refractivity contribution is -0.118. The second-order valence-corrected chi connectivity index (χ2v) is 10.2. The fourth-order valence-electron chi connectivity index (χ4n) is 4.08. The van der Waals surface area contributed by atoms with Crippen LogP contribution in [-0.2, 0) is 22.4 Å². The average Bonchev–Trinajstić information content (AvgIpc) is 3.26. The molecule has 29 heavy (non-hydrogen) atoms. The minimum atomic E-state index is -0.0404. The molecule has 0 bridgehead atoms. The Hall–Kier alpha value is -2.27. The Kier molecular flexibility index (Phi) is 5.43. The second kappa shape index (κ2) is 7.86. The zero-order chi connectivity index (χ0) is 20.6. The first-order chi connectivity index (χ1) is 13.8. The topological polar surface area (TPSA) is 49.4 Å². The van der Waals surface area contributed by atoms with Crippen LogP contribution < -0.4 is 10.2 Å². The van der Waals surface area contributed by atoms with E-state index in [1.807, 2.05) is 29.2 Å². The summed E-state index contributed by atoms with van der Waals surface area (Å²) in [5.41, 5.74) is 5.62. The van der Waals surface area contributed by atoms with E-state index in [2.05, 4.69) is 44.3 Å². The molecule has 0 spiro atoms. The second-order valence-electron chi connectivity index (χ2n) is 9.14. The van der Waals surface area contributed by atoms with Gasteiger partial charge in [-0.15, -0.1) is 11.8 Å². The number of thioether (sulfide) groups is 1. The van der Waals surface area contributed by atoms with Crippen LogP contribution in [0.1, 0.15) is 55.7 Å². The molecular formula is C24H28N2O2S. The Labute approximate surface area is 177 Å². The van der Waals surface area contributed by atoms with Gasteiger partial charge in [-0.05, 0) is 65.6 Å². The average molecular weight is 409 g/mol. The van der Waals surface area contributed by atoms with Crippen molar-refractivity contribution in [3.8, 4) is 0 Å². The van der Waals surface area contributed by atoms with E-state index >= 15 is 0 Å². The normalized spacial score (nSPS) is 18.8. The summed E-state index contributed by atoms with van der Waals surface area (Å²) < 4.78 is 0. The van der Waals surface area contributed by atoms with Gasteiger partial charge in [0.15, 0.2) is 0 Å². The molecule has 1 aliphatic carbocycles. The predicted molar refractivity (Wildman–Crippen MR) is 120 cm³/mol. The van der Waals surface area contributed by atoms with Crippen LogP contribution in [0.15, 0.2) is 42.5 Å². The molecule has 0 saturated carbocycles. The van der Waals surface area contributed by atoms with E-state index < -0.39 is 0 Å². The van der Waals surface area contributed by atoms with Crippen LogP contribution in [0.2, 0.25) is 0 Å². The van der Waals surface area contributed by atoms with Crippen LogP contribution in [0.3, 0.4) is 0 Å². The van der Waals surface area contributed by atoms with E-state index in [1.54, 1.807) is 11.8 Å². The SMILES string of the molecule is CC(C)(C)CC(=O)Nc1ccc(C2SCC(=O)N2c2ccc3c(c2)CCC3)cc1. The molecule has 1 heterocycles. The molecule has 2 aliphatic rings. The minimum absolute atomic E-state index is 0.0236. The molecule has 1 unspecified atom stereocenters. The fourth-order valence-corrected chi connectivity index (χ4v) is 5.25. The number of nitrogens with one attached hydrogen (secondary N) is 1. The van der Waals surface area contributed by atoms with Crippen molar-refractivity contribution in [1.82, 2.24) is 0 Å². The van der Waals surface area contributed by atoms with Crippen LogP contribution in [0.25, 0.3) is 0 Å². The van der Waals surface area contributed by atoms with Gasteiger partial charge in [-0.3, -0.25) is 14.5 Å². The van der Waals surface area contributed by atoms with Crippen LogP contribution in [-0.4, -0.2) is 17.6 Å². The van der Waals surface area contributed by atoms with E-state index in [1.165, 1.54) is 17.5 Å². The van der Waals surface area contributed by atoms with E-state index in [9.17, 15) is 9.59 Å². The maximum Gasteiger partial charge on any atom is 0.238 e. The lowest BCUT2D eigenvalue weighted by Gasteiger charge is -2.25. The summed E-state index contributed by atoms with van der Waals surface area (Å²) >= 11 is 1.66. The molecule has 152 valence electrons. The number of hydrogen-bond donors (Lipinski definition) is 1. The van der Waals surface area contributed by atoms with E-state index in [0.29, 0.717) is 12.2 Å². The number of fused-ring (bicyclic) bond motifs is 1. The number of carbonyl (C=O) groups is 2. The molecule has 2 amide bonds. The zero-order valence-electron chi connectivity index (χ0n) is 17.3. The number of anilines is 2. The van der Waals surface area contributed by atoms with Gasteiger partial charge < -0.3 is 5.32 Å². The third-order valence-electron chi connectivity index (χ3n) is 5.40. The van der Waals surface area contributed by atoms with Crippen molar-refractivity contribution < 1.29 is 9.59 Å². The smallest absolute Gasteiger partial charge is 0.238 e. The lowest BCUT2D eigenvalue weighted by Crippen LogP contribution is -2.28. The van der Waals surface area contributed by atoms with Gasteiger partial charge in [-0.2, -0.15) is 0 Å². The summed E-state index contributed by atoms with van der Waals surface area (Å²) in [6.45, 7) is 6.16. The van der Waals surface area contributed by atoms with Crippen molar-refractivity contribution >= 4 is 35.0 Å². The fraction of sp³-hybridized carbons (Fsp3) is 0.417. The first-order valence-electron chi connectivity index (χ1n) is 10.3. The molecule has 4 rings (SSSR count). The van der Waals surface area contributed by atoms with Gasteiger partial charge in [0.25, 0.3) is 0 Å². The van der Waals surface area contributed by atoms with E-state index in [4.69, 9.17) is 0 Å². The highest BCUT2D eigenvalue weighted by Gasteiger charge is 2.34. The number of aryl methyl sites for hydroxylation is 2. The molecule has 2 aromatic rings. The zero-order valence-corrected chi connectivity index (χ0v) is 18.1. The van der Waals surface area contributed by atoms with Crippen LogP contribution >= 0.6 is 11.8 Å². The van der Waals surface area contributed by atoms with E-state index in [0.717, 1.165) is 29.8 Å². The van der Waals surface area contributed by atoms with E-state index in [-0.39, 0.29) is 22.6 Å². The number of benzene rings is 2. The summed E-state index contributed by atoms with van der Waals surface area (Å²) in [7, 11) is 0. The van der Waals surface area contributed by atoms with Gasteiger partial charge >= 0.3 is 0 Å². The molecule has 4 nitrogen and oxygen atoms in total. The van der Waals surface area contributed by atoms with Crippen molar-refractivity contribution in [2.75, 3.05) is 16.0 Å². The molecule has 0 aromatic heterocycles. The van der Waals surface area contributed by atoms with Crippen LogP contribution in [0.5, 0.6) is 0 Å². The highest BCUT2D eigenvalue weighted by molar-refractivity contribution is 8.00. The Morgan fingerprint density at radius 2 is 1.83 bits per heavy atom. The van der Waals surface area contributed by atoms with Crippen molar-refractivity contribution in [2.45, 2.75) is 51.8 Å². The standard InChI is InChI=1S/C24H28N2O2S/c1-24(2,3)14-21(27)25-19-10-7-17(8-11-19)23-26(22(28)15-29-23)20-12-9-16-5-4-6-18(16)13-20/h7-13,23H,4-6,14-15H2,1-3H3,(H,25,27). The van der Waals surface area contributed by atoms with Gasteiger partial charge in [-0.25, -0.2) is 0 Å². The molecule has 1 saturated heterocycles. The summed E-state index contributed by atoms with van der Waals surface area (Å²) in [5.74, 6) is 0.669. The number of hydrogen-bond acceptors (Lipinski definition) is 3. The highest BCUT2D eigenvalue weighted by atomic mass is 32.2. The molecule has 1 N–H and O–H groups in total. The maximum atomic E-state index is 12.7. The molecular weight excluding hydrogens is 380 g/mol. The minimum Gasteiger partial charge on any atom is -0.326 e. The predicted octanol–water partition coefficient (Wildman–Crippen LogP) is 5.33. The summed E-state index contributed by atoms with van der Waals surface area (Å²) in [6, 6.07) is 14.4. The van der Waals surface area contributed by atoms with Crippen LogP contribution in [0.4, 0.5) is 11.4 Å². The Balaban J connectivity index is 1.51. The molecule has 1 fully saturated rings. The lowest BCUT2D eigenvalue weighted by atomic mass is 9.92. The molecule has 0 radical (unpaired) electrons. The first-order valence-corrected chi connectivity index (χ1v) is 11.3. The van der Waals surface area contributed by atoms with Crippen molar-refractivity contribution in [2.24, 2.45) is 5.41 Å². The van der Waals surface area contributed by atoms with Gasteiger partial charge in [0, 0.05) is 17.8 Å². The molecule has 5 heteroatoms. The van der Waals surface area contributed by atoms with Gasteiger partial charge in [0.2, 0.25) is 11.8 Å². The number of rotatable bonds is 4. The van der Waals surface area contributed by atoms with Crippen molar-refractivity contribution in [3.05, 3.63) is 59.2 Å². The maximum absolute atomic E-state index is 12.7. The molecule has 1 atom stereocenters. The molecule has 2 aromatic carbocycles. The highest BCUT2D eigenvalue weighted by Crippen LogP contribution is 2.43. The first kappa shape index (κ1) is 20.0. The van der Waals surface area contributed by atoms with Gasteiger partial charge in [0.05, 0.1) is 5.75 Å². The molecule has 1 aliphatic heterocycles. The summed E-state index contributed by atoms with van der Waals surface area (Å²) in [5, 5.41) is 2.94. The third kappa shape index (κ3) is 4.50. The van der Waals surface area contributed by atoms with Crippen molar-refractivity contribution in [1.29, 1.82) is 0 Å². The summed E-state index contributed by atoms with van der Waals surface area (Å²) in [6.07, 6.45) is 3.93. The largest absolute Gasteiger partial charge is 0.326 e. The number of amides is 2. The third-order valence-corrected chi connectivity index (χ3v) is 6.61. The Morgan fingerprint density at radius 1 is 1.10 bits per heavy atom. The van der Waals surface area contributed by atoms with Crippen LogP contribution in [0, 0.1) is 5.41 Å². The van der Waals surface area contributed by atoms with Gasteiger partial charge in [-0.1, -0.05) is 39.0 Å². The number of carbonyl (C=O) groups excluding carboxylic acids is 2. The monoisotopic (exact) mass is 408 g/mol. The quantitative estimate of drug-likeness (QED) is 0.744. The van der Waals surface area contributed by atoms with Gasteiger partial charge in [0.1, 0.15) is 5.37 Å². The summed E-state index contributed by atoms with van der Waals surface area (Å²) in [4.78, 5) is 26.8. The van der Waals surface area contributed by atoms with Crippen molar-refractivity contribution in [3.63, 3.8) is 0 Å². The Bertz CT molecular complexity index is 931. The number of nitrogens with zero attached hydrogens (tertiary/aromatic N) is 1. The Morgan fingerprint density at radius 3 is 2.55 bits per heavy atom.